The molecule has 2 aliphatic rings. The predicted octanol–water partition coefficient (Wildman–Crippen LogP) is 3.49. The number of carbonyl (C=O) groups is 2. The third-order valence-electron chi connectivity index (χ3n) is 6.07. The molecule has 1 aromatic heterocycles. The van der Waals surface area contributed by atoms with Crippen molar-refractivity contribution in [3.63, 3.8) is 0 Å². The highest BCUT2D eigenvalue weighted by atomic mass is 16.5. The molecule has 10 nitrogen and oxygen atoms in total. The van der Waals surface area contributed by atoms with E-state index in [-0.39, 0.29) is 11.8 Å². The van der Waals surface area contributed by atoms with E-state index in [9.17, 15) is 9.59 Å². The molecule has 2 amide bonds. The number of hydrogen-bond donors (Lipinski definition) is 3. The Hall–Kier alpha value is -3.82. The van der Waals surface area contributed by atoms with Gasteiger partial charge < -0.3 is 30.3 Å². The van der Waals surface area contributed by atoms with E-state index < -0.39 is 0 Å². The molecule has 0 fully saturated rings. The number of amides is 2. The molecule has 0 saturated carbocycles. The highest BCUT2D eigenvalue weighted by Crippen LogP contribution is 2.35. The summed E-state index contributed by atoms with van der Waals surface area (Å²) in [6, 6.07) is 5.54. The van der Waals surface area contributed by atoms with Crippen LogP contribution in [0.1, 0.15) is 44.1 Å². The number of nitrogens with zero attached hydrogens (tertiary/aromatic N) is 3. The number of anilines is 3. The van der Waals surface area contributed by atoms with Crippen LogP contribution in [0.4, 0.5) is 17.3 Å². The van der Waals surface area contributed by atoms with Gasteiger partial charge in [-0.25, -0.2) is 9.97 Å². The van der Waals surface area contributed by atoms with Crippen LogP contribution >= 0.6 is 0 Å². The zero-order chi connectivity index (χ0) is 24.6. The molecular formula is C25H32N6O4. The fourth-order valence-electron chi connectivity index (χ4n) is 4.08. The highest BCUT2D eigenvalue weighted by molar-refractivity contribution is 6.32. The first-order valence-corrected chi connectivity index (χ1v) is 12.0. The highest BCUT2D eigenvalue weighted by Gasteiger charge is 2.29. The van der Waals surface area contributed by atoms with E-state index in [4.69, 9.17) is 9.47 Å². The van der Waals surface area contributed by atoms with E-state index in [0.717, 1.165) is 37.8 Å². The maximum absolute atomic E-state index is 12.7. The number of nitrogens with one attached hydrogen (secondary N) is 3. The van der Waals surface area contributed by atoms with Crippen molar-refractivity contribution in [3.05, 3.63) is 36.3 Å². The summed E-state index contributed by atoms with van der Waals surface area (Å²) in [6.07, 6.45) is 8.10. The second-order valence-electron chi connectivity index (χ2n) is 8.58. The van der Waals surface area contributed by atoms with E-state index in [1.54, 1.807) is 18.2 Å². The molecule has 4 rings (SSSR count). The molecule has 0 atom stereocenters. The lowest BCUT2D eigenvalue weighted by molar-refractivity contribution is -0.130. The molecule has 35 heavy (non-hydrogen) atoms. The van der Waals surface area contributed by atoms with Crippen molar-refractivity contribution < 1.29 is 19.1 Å². The zero-order valence-electron chi connectivity index (χ0n) is 20.2. The van der Waals surface area contributed by atoms with Gasteiger partial charge in [0, 0.05) is 44.5 Å². The fourth-order valence-corrected chi connectivity index (χ4v) is 4.08. The van der Waals surface area contributed by atoms with Gasteiger partial charge >= 0.3 is 0 Å². The maximum atomic E-state index is 12.7. The van der Waals surface area contributed by atoms with Crippen LogP contribution in [0.15, 0.2) is 30.7 Å². The van der Waals surface area contributed by atoms with Gasteiger partial charge in [-0.15, -0.1) is 0 Å². The standard InChI is InChI=1S/C25H32N6O4/c1-31-12-7-11-26-23-22-18(25(33)30-24(22)29-16-28-23)15-27-17-9-10-19(34-2)20(14-17)35-13-6-4-3-5-8-21(31)32/h9-10,14-16,27H,3-8,11-13H2,1-2H3,(H2,26,28,29,30,33)/b18-15-. The van der Waals surface area contributed by atoms with Gasteiger partial charge in [0.2, 0.25) is 5.91 Å². The normalized spacial score (nSPS) is 19.0. The molecular weight excluding hydrogens is 448 g/mol. The first-order chi connectivity index (χ1) is 17.1. The zero-order valence-corrected chi connectivity index (χ0v) is 20.2. The fraction of sp³-hybridized carbons (Fsp3) is 0.440. The molecule has 0 spiro atoms. The van der Waals surface area contributed by atoms with Crippen molar-refractivity contribution in [1.29, 1.82) is 0 Å². The Morgan fingerprint density at radius 3 is 2.74 bits per heavy atom. The lowest BCUT2D eigenvalue weighted by Gasteiger charge is -2.17. The monoisotopic (exact) mass is 480 g/mol. The first-order valence-electron chi connectivity index (χ1n) is 12.0. The van der Waals surface area contributed by atoms with Gasteiger partial charge in [-0.1, -0.05) is 12.8 Å². The summed E-state index contributed by atoms with van der Waals surface area (Å²) in [5, 5.41) is 9.28. The summed E-state index contributed by atoms with van der Waals surface area (Å²) >= 11 is 0. The maximum Gasteiger partial charge on any atom is 0.259 e. The molecule has 0 saturated heterocycles. The van der Waals surface area contributed by atoms with E-state index in [1.807, 2.05) is 25.2 Å². The van der Waals surface area contributed by atoms with Crippen LogP contribution in [0, 0.1) is 0 Å². The summed E-state index contributed by atoms with van der Waals surface area (Å²) in [4.78, 5) is 35.4. The Morgan fingerprint density at radius 1 is 1.06 bits per heavy atom. The topological polar surface area (TPSA) is 118 Å². The second-order valence-corrected chi connectivity index (χ2v) is 8.58. The van der Waals surface area contributed by atoms with Gasteiger partial charge in [0.05, 0.1) is 24.9 Å². The Balaban J connectivity index is 1.58. The van der Waals surface area contributed by atoms with E-state index >= 15 is 0 Å². The molecule has 0 aliphatic carbocycles. The number of fused-ring (bicyclic) bond motifs is 2. The molecule has 3 N–H and O–H groups in total. The van der Waals surface area contributed by atoms with Gasteiger partial charge in [0.1, 0.15) is 18.0 Å². The third-order valence-corrected chi connectivity index (χ3v) is 6.07. The Kier molecular flexibility index (Phi) is 8.02. The van der Waals surface area contributed by atoms with Crippen molar-refractivity contribution in [3.8, 4) is 11.5 Å². The smallest absolute Gasteiger partial charge is 0.259 e. The summed E-state index contributed by atoms with van der Waals surface area (Å²) < 4.78 is 11.4. The Labute approximate surface area is 205 Å². The van der Waals surface area contributed by atoms with Crippen molar-refractivity contribution in [2.45, 2.75) is 38.5 Å². The van der Waals surface area contributed by atoms with Gasteiger partial charge in [-0.05, 0) is 31.4 Å². The first kappa shape index (κ1) is 24.3. The molecule has 0 unspecified atom stereocenters. The number of aromatic nitrogens is 2. The summed E-state index contributed by atoms with van der Waals surface area (Å²) in [5.74, 6) is 2.19. The lowest BCUT2D eigenvalue weighted by Crippen LogP contribution is -2.28. The van der Waals surface area contributed by atoms with E-state index in [2.05, 4.69) is 25.9 Å². The average Bonchev–Trinajstić information content (AvgIpc) is 3.19. The van der Waals surface area contributed by atoms with Crippen LogP contribution < -0.4 is 25.4 Å². The van der Waals surface area contributed by atoms with Crippen molar-refractivity contribution in [1.82, 2.24) is 14.9 Å². The van der Waals surface area contributed by atoms with E-state index in [1.165, 1.54) is 6.33 Å². The summed E-state index contributed by atoms with van der Waals surface area (Å²) in [5.41, 5.74) is 1.80. The van der Waals surface area contributed by atoms with Crippen LogP contribution in [-0.4, -0.2) is 60.5 Å². The average molecular weight is 481 g/mol. The largest absolute Gasteiger partial charge is 0.493 e. The van der Waals surface area contributed by atoms with Crippen molar-refractivity contribution in [2.75, 3.05) is 49.8 Å². The van der Waals surface area contributed by atoms with Gasteiger partial charge in [0.15, 0.2) is 11.5 Å². The van der Waals surface area contributed by atoms with Crippen molar-refractivity contribution in [2.24, 2.45) is 0 Å². The third kappa shape index (κ3) is 6.00. The van der Waals surface area contributed by atoms with Crippen LogP contribution in [0.2, 0.25) is 0 Å². The van der Waals surface area contributed by atoms with Gasteiger partial charge in [-0.3, -0.25) is 9.59 Å². The molecule has 186 valence electrons. The quantitative estimate of drug-likeness (QED) is 0.568. The number of ether oxygens (including phenoxy) is 2. The number of carbonyl (C=O) groups excluding carboxylic acids is 2. The number of rotatable bonds is 1. The number of methoxy groups -OCH3 is 1. The minimum Gasteiger partial charge on any atom is -0.493 e. The predicted molar refractivity (Wildman–Crippen MR) is 135 cm³/mol. The summed E-state index contributed by atoms with van der Waals surface area (Å²) in [7, 11) is 3.44. The number of hydrogen-bond acceptors (Lipinski definition) is 8. The van der Waals surface area contributed by atoms with Crippen LogP contribution in [0.25, 0.3) is 5.57 Å². The Morgan fingerprint density at radius 2 is 1.89 bits per heavy atom. The minimum atomic E-state index is -0.259. The lowest BCUT2D eigenvalue weighted by atomic mass is 10.1. The van der Waals surface area contributed by atoms with E-state index in [0.29, 0.717) is 60.4 Å². The second kappa shape index (κ2) is 11.5. The van der Waals surface area contributed by atoms with Gasteiger partial charge in [-0.2, -0.15) is 0 Å². The molecule has 10 heteroatoms. The SMILES string of the molecule is COc1ccc2cc1OCCCCCCC(=O)N(C)CCCNc1ncnc3c1/C(=C/N2)C(=O)N3. The molecule has 2 aromatic rings. The minimum absolute atomic E-state index is 0.155. The van der Waals surface area contributed by atoms with Gasteiger partial charge in [0.25, 0.3) is 5.91 Å². The molecule has 2 aliphatic heterocycles. The van der Waals surface area contributed by atoms with Crippen LogP contribution in [-0.2, 0) is 9.59 Å². The summed E-state index contributed by atoms with van der Waals surface area (Å²) in [6.45, 7) is 1.80. The molecule has 3 heterocycles. The number of benzene rings is 1. The van der Waals surface area contributed by atoms with Crippen molar-refractivity contribution >= 4 is 34.7 Å². The van der Waals surface area contributed by atoms with Crippen LogP contribution in [0.3, 0.4) is 0 Å². The molecule has 2 bridgehead atoms. The molecule has 1 aromatic carbocycles. The Bertz CT molecular complexity index is 1100. The van der Waals surface area contributed by atoms with Crippen LogP contribution in [0.5, 0.6) is 11.5 Å². The molecule has 0 radical (unpaired) electrons.